The molecule has 4 rings (SSSR count). The van der Waals surface area contributed by atoms with E-state index in [1.165, 1.54) is 22.1 Å². The van der Waals surface area contributed by atoms with Crippen LogP contribution in [-0.4, -0.2) is 55.3 Å². The number of rotatable bonds is 5. The molecule has 2 aliphatic heterocycles. The first-order valence-corrected chi connectivity index (χ1v) is 12.1. The number of hydrogen-bond acceptors (Lipinski definition) is 6. The van der Waals surface area contributed by atoms with Crippen molar-refractivity contribution in [2.75, 3.05) is 31.2 Å². The zero-order valence-corrected chi connectivity index (χ0v) is 18.2. The molecule has 0 unspecified atom stereocenters. The molecule has 2 aromatic rings. The predicted molar refractivity (Wildman–Crippen MR) is 112 cm³/mol. The molecule has 8 nitrogen and oxygen atoms in total. The Kier molecular flexibility index (Phi) is 5.90. The van der Waals surface area contributed by atoms with E-state index in [4.69, 9.17) is 4.42 Å². The van der Waals surface area contributed by atoms with Crippen LogP contribution >= 0.6 is 11.8 Å². The summed E-state index contributed by atoms with van der Waals surface area (Å²) in [6.07, 6.45) is 2.51. The first kappa shape index (κ1) is 21.0. The number of benzene rings is 1. The van der Waals surface area contributed by atoms with Gasteiger partial charge < -0.3 is 14.6 Å². The highest BCUT2D eigenvalue weighted by Gasteiger charge is 2.34. The highest BCUT2D eigenvalue weighted by Crippen LogP contribution is 2.34. The number of nitrogens with one attached hydrogen (secondary N) is 1. The molecule has 2 amide bonds. The summed E-state index contributed by atoms with van der Waals surface area (Å²) >= 11 is 1.39. The molecule has 1 aromatic carbocycles. The fourth-order valence-electron chi connectivity index (χ4n) is 3.74. The van der Waals surface area contributed by atoms with Gasteiger partial charge in [-0.2, -0.15) is 4.31 Å². The van der Waals surface area contributed by atoms with Crippen molar-refractivity contribution >= 4 is 39.3 Å². The second-order valence-electron chi connectivity index (χ2n) is 7.45. The molecule has 1 N–H and O–H groups in total. The molecular formula is C20H23N3O5S2. The van der Waals surface area contributed by atoms with Gasteiger partial charge >= 0.3 is 0 Å². The Bertz CT molecular complexity index is 1040. The van der Waals surface area contributed by atoms with Crippen LogP contribution in [0.4, 0.5) is 5.69 Å². The van der Waals surface area contributed by atoms with E-state index in [0.29, 0.717) is 36.6 Å². The van der Waals surface area contributed by atoms with Gasteiger partial charge in [-0.15, -0.1) is 11.8 Å². The van der Waals surface area contributed by atoms with Gasteiger partial charge in [0.2, 0.25) is 21.8 Å². The summed E-state index contributed by atoms with van der Waals surface area (Å²) in [4.78, 5) is 27.0. The molecule has 1 saturated heterocycles. The van der Waals surface area contributed by atoms with Crippen LogP contribution in [0.15, 0.2) is 50.8 Å². The minimum Gasteiger partial charge on any atom is -0.467 e. The topological polar surface area (TPSA) is 99.9 Å². The maximum Gasteiger partial charge on any atom is 0.243 e. The van der Waals surface area contributed by atoms with E-state index in [0.717, 1.165) is 4.90 Å². The number of nitrogens with zero attached hydrogens (tertiary/aromatic N) is 2. The standard InChI is InChI=1S/C20H23N3O5S2/c1-22(12-15-3-2-10-28-15)20(25)14-6-8-23(9-7-14)30(26,27)16-4-5-18-17(11-16)21-19(24)13-29-18/h2-5,10-11,14H,6-9,12-13H2,1H3,(H,21,24). The summed E-state index contributed by atoms with van der Waals surface area (Å²) < 4.78 is 32.9. The monoisotopic (exact) mass is 449 g/mol. The van der Waals surface area contributed by atoms with Crippen molar-refractivity contribution in [2.45, 2.75) is 29.2 Å². The van der Waals surface area contributed by atoms with Gasteiger partial charge in [0.05, 0.1) is 29.1 Å². The smallest absolute Gasteiger partial charge is 0.243 e. The van der Waals surface area contributed by atoms with E-state index >= 15 is 0 Å². The van der Waals surface area contributed by atoms with Crippen molar-refractivity contribution in [2.24, 2.45) is 5.92 Å². The summed E-state index contributed by atoms with van der Waals surface area (Å²) in [6.45, 7) is 0.959. The van der Waals surface area contributed by atoms with Crippen LogP contribution < -0.4 is 5.32 Å². The molecule has 0 saturated carbocycles. The SMILES string of the molecule is CN(Cc1ccco1)C(=O)C1CCN(S(=O)(=O)c2ccc3c(c2)NC(=O)CS3)CC1. The molecule has 1 aromatic heterocycles. The number of furan rings is 1. The zero-order valence-electron chi connectivity index (χ0n) is 16.5. The number of carbonyl (C=O) groups excluding carboxylic acids is 2. The van der Waals surface area contributed by atoms with Crippen molar-refractivity contribution in [1.29, 1.82) is 0 Å². The Balaban J connectivity index is 1.40. The Morgan fingerprint density at radius 1 is 1.30 bits per heavy atom. The van der Waals surface area contributed by atoms with E-state index < -0.39 is 10.0 Å². The minimum absolute atomic E-state index is 0.00281. The van der Waals surface area contributed by atoms with E-state index in [9.17, 15) is 18.0 Å². The maximum absolute atomic E-state index is 13.1. The minimum atomic E-state index is -3.69. The van der Waals surface area contributed by atoms with Gasteiger partial charge in [-0.05, 0) is 43.2 Å². The van der Waals surface area contributed by atoms with Crippen molar-refractivity contribution in [3.8, 4) is 0 Å². The summed E-state index contributed by atoms with van der Waals surface area (Å²) in [5.41, 5.74) is 0.530. The molecule has 0 radical (unpaired) electrons. The third-order valence-corrected chi connectivity index (χ3v) is 8.34. The average molecular weight is 450 g/mol. The lowest BCUT2D eigenvalue weighted by Crippen LogP contribution is -2.43. The highest BCUT2D eigenvalue weighted by atomic mass is 32.2. The molecule has 1 fully saturated rings. The Morgan fingerprint density at radius 2 is 2.07 bits per heavy atom. The molecule has 30 heavy (non-hydrogen) atoms. The molecule has 10 heteroatoms. The van der Waals surface area contributed by atoms with Crippen molar-refractivity contribution in [1.82, 2.24) is 9.21 Å². The highest BCUT2D eigenvalue weighted by molar-refractivity contribution is 8.00. The number of sulfonamides is 1. The van der Waals surface area contributed by atoms with Crippen LogP contribution in [0.1, 0.15) is 18.6 Å². The van der Waals surface area contributed by atoms with Gasteiger partial charge in [0.1, 0.15) is 5.76 Å². The Morgan fingerprint density at radius 3 is 2.77 bits per heavy atom. The summed E-state index contributed by atoms with van der Waals surface area (Å²) in [5, 5.41) is 2.73. The van der Waals surface area contributed by atoms with E-state index in [1.807, 2.05) is 6.07 Å². The lowest BCUT2D eigenvalue weighted by molar-refractivity contribution is -0.136. The second-order valence-corrected chi connectivity index (χ2v) is 10.4. The third kappa shape index (κ3) is 4.26. The van der Waals surface area contributed by atoms with E-state index in [-0.39, 0.29) is 35.7 Å². The number of fused-ring (bicyclic) bond motifs is 1. The third-order valence-electron chi connectivity index (χ3n) is 5.37. The van der Waals surface area contributed by atoms with Crippen LogP contribution in [0.5, 0.6) is 0 Å². The fourth-order valence-corrected chi connectivity index (χ4v) is 6.03. The molecule has 0 spiro atoms. The summed E-state index contributed by atoms with van der Waals surface area (Å²) in [5.74, 6) is 0.686. The lowest BCUT2D eigenvalue weighted by atomic mass is 9.96. The predicted octanol–water partition coefficient (Wildman–Crippen LogP) is 2.38. The molecule has 3 heterocycles. The molecular weight excluding hydrogens is 426 g/mol. The van der Waals surface area contributed by atoms with E-state index in [2.05, 4.69) is 5.32 Å². The number of hydrogen-bond donors (Lipinski definition) is 1. The van der Waals surface area contributed by atoms with E-state index in [1.54, 1.807) is 36.4 Å². The van der Waals surface area contributed by atoms with Crippen LogP contribution in [0, 0.1) is 5.92 Å². The summed E-state index contributed by atoms with van der Waals surface area (Å²) in [7, 11) is -1.96. The number of anilines is 1. The van der Waals surface area contributed by atoms with Gasteiger partial charge in [-0.25, -0.2) is 8.42 Å². The molecule has 0 atom stereocenters. The first-order chi connectivity index (χ1) is 14.3. The summed E-state index contributed by atoms with van der Waals surface area (Å²) in [6, 6.07) is 8.42. The van der Waals surface area contributed by atoms with Crippen molar-refractivity contribution < 1.29 is 22.4 Å². The quantitative estimate of drug-likeness (QED) is 0.752. The lowest BCUT2D eigenvalue weighted by Gasteiger charge is -2.32. The molecule has 2 aliphatic rings. The molecule has 0 bridgehead atoms. The zero-order chi connectivity index (χ0) is 21.3. The van der Waals surface area contributed by atoms with Gasteiger partial charge in [0, 0.05) is 31.0 Å². The number of amides is 2. The Hall–Kier alpha value is -2.30. The molecule has 0 aliphatic carbocycles. The van der Waals surface area contributed by atoms with Crippen LogP contribution in [0.3, 0.4) is 0 Å². The number of carbonyl (C=O) groups is 2. The fraction of sp³-hybridized carbons (Fsp3) is 0.400. The number of piperidine rings is 1. The largest absolute Gasteiger partial charge is 0.467 e. The second kappa shape index (κ2) is 8.44. The van der Waals surface area contributed by atoms with Crippen molar-refractivity contribution in [3.63, 3.8) is 0 Å². The van der Waals surface area contributed by atoms with Crippen molar-refractivity contribution in [3.05, 3.63) is 42.4 Å². The maximum atomic E-state index is 13.1. The van der Waals surface area contributed by atoms with Gasteiger partial charge in [-0.3, -0.25) is 9.59 Å². The van der Waals surface area contributed by atoms with Crippen LogP contribution in [0.2, 0.25) is 0 Å². The Labute approximate surface area is 179 Å². The first-order valence-electron chi connectivity index (χ1n) is 9.69. The van der Waals surface area contributed by atoms with Crippen LogP contribution in [0.25, 0.3) is 0 Å². The van der Waals surface area contributed by atoms with Gasteiger partial charge in [0.25, 0.3) is 0 Å². The van der Waals surface area contributed by atoms with Crippen LogP contribution in [-0.2, 0) is 26.2 Å². The number of thioether (sulfide) groups is 1. The normalized spacial score (nSPS) is 18.0. The van der Waals surface area contributed by atoms with Gasteiger partial charge in [-0.1, -0.05) is 0 Å². The van der Waals surface area contributed by atoms with Gasteiger partial charge in [0.15, 0.2) is 0 Å². The molecule has 160 valence electrons. The average Bonchev–Trinajstić information content (AvgIpc) is 3.25.